The second kappa shape index (κ2) is 70.3. The van der Waals surface area contributed by atoms with E-state index in [0.29, 0.717) is 19.3 Å². The van der Waals surface area contributed by atoms with Gasteiger partial charge in [0, 0.05) is 19.3 Å². The van der Waals surface area contributed by atoms with E-state index >= 15 is 0 Å². The molecule has 0 aromatic heterocycles. The highest BCUT2D eigenvalue weighted by Crippen LogP contribution is 2.19. The SMILES string of the molecule is CC/C=C\C/C=C\C/C=C\C/C=C\C/C=C\C/C=C\CCCCCCC(=O)OC(COC(=O)CCCCCCCC)COC(=O)CCCCCCCCCCCCCCCCCCCCCCCCCCCCCCCCCCCCC. The molecule has 0 aromatic carbocycles. The summed E-state index contributed by atoms with van der Waals surface area (Å²) >= 11 is 0. The maximum absolute atomic E-state index is 12.9. The second-order valence-electron chi connectivity index (χ2n) is 24.1. The topological polar surface area (TPSA) is 78.9 Å². The summed E-state index contributed by atoms with van der Waals surface area (Å²) in [6.45, 7) is 6.49. The molecule has 1 atom stereocenters. The van der Waals surface area contributed by atoms with Crippen LogP contribution in [-0.4, -0.2) is 37.2 Å². The van der Waals surface area contributed by atoms with Crippen molar-refractivity contribution in [1.82, 2.24) is 0 Å². The zero-order chi connectivity index (χ0) is 59.2. The molecule has 6 heteroatoms. The van der Waals surface area contributed by atoms with Crippen molar-refractivity contribution in [3.05, 3.63) is 72.9 Å². The Labute approximate surface area is 510 Å². The number of hydrogen-bond donors (Lipinski definition) is 0. The number of ether oxygens (including phenoxy) is 3. The molecule has 82 heavy (non-hydrogen) atoms. The molecular weight excluding hydrogens is 1010 g/mol. The van der Waals surface area contributed by atoms with Crippen LogP contribution in [-0.2, 0) is 28.6 Å². The van der Waals surface area contributed by atoms with Crippen molar-refractivity contribution < 1.29 is 28.6 Å². The normalized spacial score (nSPS) is 12.5. The van der Waals surface area contributed by atoms with Crippen LogP contribution in [0.2, 0.25) is 0 Å². The summed E-state index contributed by atoms with van der Waals surface area (Å²) in [6, 6.07) is 0. The van der Waals surface area contributed by atoms with Crippen molar-refractivity contribution in [2.75, 3.05) is 13.2 Å². The molecule has 0 aliphatic heterocycles. The molecule has 0 fully saturated rings. The predicted molar refractivity (Wildman–Crippen MR) is 358 cm³/mol. The monoisotopic (exact) mass is 1150 g/mol. The zero-order valence-corrected chi connectivity index (χ0v) is 54.8. The van der Waals surface area contributed by atoms with E-state index in [1.54, 1.807) is 0 Å². The molecule has 0 saturated heterocycles. The van der Waals surface area contributed by atoms with Gasteiger partial charge in [-0.2, -0.15) is 0 Å². The summed E-state index contributed by atoms with van der Waals surface area (Å²) in [5.74, 6) is -0.902. The average molecular weight is 1150 g/mol. The van der Waals surface area contributed by atoms with Crippen molar-refractivity contribution in [2.45, 2.75) is 380 Å². The molecule has 0 N–H and O–H groups in total. The van der Waals surface area contributed by atoms with Crippen LogP contribution in [0, 0.1) is 0 Å². The lowest BCUT2D eigenvalue weighted by atomic mass is 10.0. The van der Waals surface area contributed by atoms with Crippen molar-refractivity contribution in [3.8, 4) is 0 Å². The fourth-order valence-electron chi connectivity index (χ4n) is 10.6. The summed E-state index contributed by atoms with van der Waals surface area (Å²) in [7, 11) is 0. The zero-order valence-electron chi connectivity index (χ0n) is 54.8. The summed E-state index contributed by atoms with van der Waals surface area (Å²) in [6.07, 6.45) is 92.8. The van der Waals surface area contributed by atoms with E-state index < -0.39 is 6.10 Å². The van der Waals surface area contributed by atoms with Crippen molar-refractivity contribution in [3.63, 3.8) is 0 Å². The largest absolute Gasteiger partial charge is 0.462 e. The fraction of sp³-hybridized carbons (Fsp3) is 0.803. The van der Waals surface area contributed by atoms with Crippen LogP contribution in [0.1, 0.15) is 374 Å². The number of rotatable bonds is 66. The van der Waals surface area contributed by atoms with Gasteiger partial charge in [0.05, 0.1) is 0 Å². The number of carbonyl (C=O) groups is 3. The highest BCUT2D eigenvalue weighted by Gasteiger charge is 2.19. The van der Waals surface area contributed by atoms with E-state index in [2.05, 4.69) is 93.7 Å². The van der Waals surface area contributed by atoms with Gasteiger partial charge in [0.1, 0.15) is 13.2 Å². The molecule has 0 bridgehead atoms. The molecule has 1 unspecified atom stereocenters. The molecule has 0 heterocycles. The van der Waals surface area contributed by atoms with Crippen molar-refractivity contribution in [1.29, 1.82) is 0 Å². The lowest BCUT2D eigenvalue weighted by molar-refractivity contribution is -0.167. The van der Waals surface area contributed by atoms with E-state index in [4.69, 9.17) is 14.2 Å². The van der Waals surface area contributed by atoms with Gasteiger partial charge < -0.3 is 14.2 Å². The minimum absolute atomic E-state index is 0.0828. The first kappa shape index (κ1) is 78.8. The van der Waals surface area contributed by atoms with Gasteiger partial charge in [-0.05, 0) is 70.6 Å². The molecule has 476 valence electrons. The van der Waals surface area contributed by atoms with Crippen LogP contribution in [0.3, 0.4) is 0 Å². The Bertz CT molecular complexity index is 1500. The van der Waals surface area contributed by atoms with Crippen LogP contribution in [0.5, 0.6) is 0 Å². The van der Waals surface area contributed by atoms with Gasteiger partial charge in [-0.1, -0.05) is 357 Å². The van der Waals surface area contributed by atoms with Crippen LogP contribution < -0.4 is 0 Å². The number of allylic oxidation sites excluding steroid dienone is 12. The maximum Gasteiger partial charge on any atom is 0.306 e. The molecule has 0 radical (unpaired) electrons. The first-order chi connectivity index (χ1) is 40.5. The Morgan fingerprint density at radius 2 is 0.476 bits per heavy atom. The first-order valence-electron chi connectivity index (χ1n) is 35.9. The molecule has 0 saturated carbocycles. The number of hydrogen-bond acceptors (Lipinski definition) is 6. The molecule has 0 aromatic rings. The van der Waals surface area contributed by atoms with E-state index in [9.17, 15) is 14.4 Å². The Morgan fingerprint density at radius 1 is 0.256 bits per heavy atom. The van der Waals surface area contributed by atoms with Crippen LogP contribution in [0.25, 0.3) is 0 Å². The van der Waals surface area contributed by atoms with E-state index in [1.807, 2.05) is 0 Å². The molecule has 0 aliphatic rings. The average Bonchev–Trinajstić information content (AvgIpc) is 3.47. The third-order valence-electron chi connectivity index (χ3n) is 16.0. The van der Waals surface area contributed by atoms with Gasteiger partial charge in [-0.15, -0.1) is 0 Å². The second-order valence-corrected chi connectivity index (χ2v) is 24.1. The molecule has 0 aliphatic carbocycles. The quantitative estimate of drug-likeness (QED) is 0.0261. The van der Waals surface area contributed by atoms with Crippen LogP contribution in [0.15, 0.2) is 72.9 Å². The minimum Gasteiger partial charge on any atom is -0.462 e. The van der Waals surface area contributed by atoms with Gasteiger partial charge in [-0.25, -0.2) is 0 Å². The Balaban J connectivity index is 3.97. The van der Waals surface area contributed by atoms with Gasteiger partial charge in [0.2, 0.25) is 0 Å². The third kappa shape index (κ3) is 67.6. The van der Waals surface area contributed by atoms with Crippen molar-refractivity contribution >= 4 is 17.9 Å². The Hall–Kier alpha value is -3.15. The number of esters is 3. The summed E-state index contributed by atoms with van der Waals surface area (Å²) in [5, 5.41) is 0. The smallest absolute Gasteiger partial charge is 0.306 e. The highest BCUT2D eigenvalue weighted by molar-refractivity contribution is 5.71. The summed E-state index contributed by atoms with van der Waals surface area (Å²) < 4.78 is 16.8. The summed E-state index contributed by atoms with van der Waals surface area (Å²) in [5.41, 5.74) is 0. The standard InChI is InChI=1S/C76H136O6/c1-4-7-10-13-16-18-20-22-24-26-28-30-32-33-34-35-36-37-38-39-40-41-42-43-45-46-48-50-52-54-56-58-60-63-66-69-75(78)81-72-73(71-80-74(77)68-65-62-15-12-9-6-3)82-76(79)70-67-64-61-59-57-55-53-51-49-47-44-31-29-27-25-23-21-19-17-14-11-8-5-2/h8,11,17,19,23,25,29,31,47,49,53,55,73H,4-7,9-10,12-16,18,20-22,24,26-28,30,32-46,48,50-52,54,56-72H2,1-3H3/b11-8-,19-17-,25-23-,31-29-,49-47-,55-53-. The van der Waals surface area contributed by atoms with Gasteiger partial charge in [0.15, 0.2) is 6.10 Å². The highest BCUT2D eigenvalue weighted by atomic mass is 16.6. The van der Waals surface area contributed by atoms with Gasteiger partial charge >= 0.3 is 17.9 Å². The fourth-order valence-corrected chi connectivity index (χ4v) is 10.6. The summed E-state index contributed by atoms with van der Waals surface area (Å²) in [4.78, 5) is 38.1. The van der Waals surface area contributed by atoms with E-state index in [-0.39, 0.29) is 31.1 Å². The Morgan fingerprint density at radius 3 is 0.744 bits per heavy atom. The lowest BCUT2D eigenvalue weighted by Gasteiger charge is -2.18. The van der Waals surface area contributed by atoms with Gasteiger partial charge in [0.25, 0.3) is 0 Å². The minimum atomic E-state index is -0.786. The third-order valence-corrected chi connectivity index (χ3v) is 16.0. The van der Waals surface area contributed by atoms with Crippen LogP contribution >= 0.6 is 0 Å². The van der Waals surface area contributed by atoms with E-state index in [0.717, 1.165) is 109 Å². The predicted octanol–water partition coefficient (Wildman–Crippen LogP) is 24.8. The van der Waals surface area contributed by atoms with E-state index in [1.165, 1.54) is 225 Å². The molecule has 0 amide bonds. The first-order valence-corrected chi connectivity index (χ1v) is 35.9. The Kier molecular flexibility index (Phi) is 67.6. The van der Waals surface area contributed by atoms with Crippen LogP contribution in [0.4, 0.5) is 0 Å². The van der Waals surface area contributed by atoms with Gasteiger partial charge in [-0.3, -0.25) is 14.4 Å². The van der Waals surface area contributed by atoms with Crippen molar-refractivity contribution in [2.24, 2.45) is 0 Å². The molecular formula is C76H136O6. The lowest BCUT2D eigenvalue weighted by Crippen LogP contribution is -2.30. The maximum atomic E-state index is 12.9. The number of unbranched alkanes of at least 4 members (excludes halogenated alkanes) is 43. The molecule has 0 rings (SSSR count). The number of carbonyl (C=O) groups excluding carboxylic acids is 3. The molecule has 6 nitrogen and oxygen atoms in total. The molecule has 0 spiro atoms.